The number of ether oxygens (including phenoxy) is 1. The van der Waals surface area contributed by atoms with Gasteiger partial charge in [-0.3, -0.25) is 0 Å². The molecular formula is C16H24Cl2N2O. The first kappa shape index (κ1) is 16.9. The van der Waals surface area contributed by atoms with Crippen LogP contribution < -0.4 is 10.5 Å². The van der Waals surface area contributed by atoms with E-state index in [2.05, 4.69) is 11.0 Å². The highest BCUT2D eigenvalue weighted by atomic mass is 35.5. The molecule has 0 radical (unpaired) electrons. The first-order valence-corrected chi connectivity index (χ1v) is 7.97. The Morgan fingerprint density at radius 1 is 1.29 bits per heavy atom. The summed E-state index contributed by atoms with van der Waals surface area (Å²) in [5.41, 5.74) is 7.19. The number of nitrogens with zero attached hydrogens (tertiary/aromatic N) is 1. The van der Waals surface area contributed by atoms with Crippen molar-refractivity contribution < 1.29 is 4.74 Å². The lowest BCUT2D eigenvalue weighted by molar-refractivity contribution is 0.300. The monoisotopic (exact) mass is 330 g/mol. The zero-order valence-electron chi connectivity index (χ0n) is 12.3. The number of halogens is 2. The smallest absolute Gasteiger partial charge is 0.137 e. The largest absolute Gasteiger partial charge is 0.492 e. The van der Waals surface area contributed by atoms with Crippen molar-refractivity contribution in [2.45, 2.75) is 31.7 Å². The van der Waals surface area contributed by atoms with Crippen LogP contribution in [0.15, 0.2) is 18.2 Å². The minimum Gasteiger partial charge on any atom is -0.492 e. The maximum absolute atomic E-state index is 6.29. The number of likely N-dealkylation sites (tertiary alicyclic amines) is 1. The Morgan fingerprint density at radius 3 is 2.71 bits per heavy atom. The maximum Gasteiger partial charge on any atom is 0.137 e. The second-order valence-corrected chi connectivity index (χ2v) is 6.53. The van der Waals surface area contributed by atoms with Gasteiger partial charge in [-0.2, -0.15) is 0 Å². The zero-order valence-corrected chi connectivity index (χ0v) is 13.8. The van der Waals surface area contributed by atoms with Crippen LogP contribution in [0.3, 0.4) is 0 Å². The van der Waals surface area contributed by atoms with Gasteiger partial charge >= 0.3 is 0 Å². The molecule has 1 atom stereocenters. The standard InChI is InChI=1S/C16H23ClN2O.ClH/c17-15-9-12(5-7-19-8-6-14(18)10-19)3-4-16(15)20-11-13-1-2-13;/h3-4,9,13-14H,1-2,5-8,10-11,18H2;1H/t14-;/m0./s1. The molecule has 2 fully saturated rings. The molecule has 2 N–H and O–H groups in total. The van der Waals surface area contributed by atoms with E-state index in [9.17, 15) is 0 Å². The molecule has 1 saturated carbocycles. The first-order valence-electron chi connectivity index (χ1n) is 7.60. The van der Waals surface area contributed by atoms with E-state index < -0.39 is 0 Å². The molecule has 118 valence electrons. The van der Waals surface area contributed by atoms with Crippen molar-refractivity contribution in [3.63, 3.8) is 0 Å². The molecule has 1 aliphatic carbocycles. The number of hydrogen-bond acceptors (Lipinski definition) is 3. The second-order valence-electron chi connectivity index (χ2n) is 6.12. The van der Waals surface area contributed by atoms with Gasteiger partial charge in [-0.25, -0.2) is 0 Å². The van der Waals surface area contributed by atoms with Gasteiger partial charge in [0, 0.05) is 19.1 Å². The maximum atomic E-state index is 6.29. The molecule has 1 saturated heterocycles. The van der Waals surface area contributed by atoms with Crippen LogP contribution in [0.4, 0.5) is 0 Å². The Hall–Kier alpha value is -0.480. The van der Waals surface area contributed by atoms with Crippen LogP contribution in [0, 0.1) is 5.92 Å². The minimum absolute atomic E-state index is 0. The van der Waals surface area contributed by atoms with E-state index in [4.69, 9.17) is 22.1 Å². The van der Waals surface area contributed by atoms with Gasteiger partial charge < -0.3 is 15.4 Å². The van der Waals surface area contributed by atoms with Crippen LogP contribution >= 0.6 is 24.0 Å². The summed E-state index contributed by atoms with van der Waals surface area (Å²) in [4.78, 5) is 2.43. The van der Waals surface area contributed by atoms with Crippen molar-refractivity contribution in [3.8, 4) is 5.75 Å². The molecule has 0 aromatic heterocycles. The van der Waals surface area contributed by atoms with Crippen LogP contribution in [0.25, 0.3) is 0 Å². The quantitative estimate of drug-likeness (QED) is 0.870. The van der Waals surface area contributed by atoms with Crippen LogP contribution in [0.5, 0.6) is 5.75 Å². The molecule has 0 unspecified atom stereocenters. The summed E-state index contributed by atoms with van der Waals surface area (Å²) >= 11 is 6.29. The summed E-state index contributed by atoms with van der Waals surface area (Å²) in [5.74, 6) is 1.58. The van der Waals surface area contributed by atoms with Gasteiger partial charge in [0.25, 0.3) is 0 Å². The fourth-order valence-electron chi connectivity index (χ4n) is 2.66. The number of hydrogen-bond donors (Lipinski definition) is 1. The van der Waals surface area contributed by atoms with E-state index in [1.54, 1.807) is 0 Å². The molecule has 3 nitrogen and oxygen atoms in total. The fourth-order valence-corrected chi connectivity index (χ4v) is 2.92. The van der Waals surface area contributed by atoms with E-state index in [-0.39, 0.29) is 12.4 Å². The SMILES string of the molecule is Cl.N[C@H]1CCN(CCc2ccc(OCC3CC3)c(Cl)c2)C1. The van der Waals surface area contributed by atoms with E-state index >= 15 is 0 Å². The van der Waals surface area contributed by atoms with Crippen molar-refractivity contribution in [2.75, 3.05) is 26.2 Å². The van der Waals surface area contributed by atoms with Crippen LogP contribution in [0.2, 0.25) is 5.02 Å². The fraction of sp³-hybridized carbons (Fsp3) is 0.625. The molecular weight excluding hydrogens is 307 g/mol. The topological polar surface area (TPSA) is 38.5 Å². The summed E-state index contributed by atoms with van der Waals surface area (Å²) in [6.07, 6.45) is 4.74. The van der Waals surface area contributed by atoms with Gasteiger partial charge in [0.05, 0.1) is 11.6 Å². The van der Waals surface area contributed by atoms with Gasteiger partial charge in [0.1, 0.15) is 5.75 Å². The highest BCUT2D eigenvalue weighted by Gasteiger charge is 2.22. The number of nitrogens with two attached hydrogens (primary N) is 1. The molecule has 1 aromatic carbocycles. The molecule has 1 heterocycles. The van der Waals surface area contributed by atoms with E-state index in [0.717, 1.165) is 55.8 Å². The van der Waals surface area contributed by atoms with Gasteiger partial charge in [0.2, 0.25) is 0 Å². The third-order valence-electron chi connectivity index (χ3n) is 4.19. The van der Waals surface area contributed by atoms with Gasteiger partial charge in [-0.1, -0.05) is 17.7 Å². The lowest BCUT2D eigenvalue weighted by Gasteiger charge is -2.15. The summed E-state index contributed by atoms with van der Waals surface area (Å²) in [7, 11) is 0. The Bertz CT molecular complexity index is 466. The molecule has 0 bridgehead atoms. The van der Waals surface area contributed by atoms with Gasteiger partial charge in [-0.05, 0) is 55.8 Å². The molecule has 5 heteroatoms. The average molecular weight is 331 g/mol. The predicted molar refractivity (Wildman–Crippen MR) is 89.7 cm³/mol. The molecule has 2 aliphatic rings. The lowest BCUT2D eigenvalue weighted by atomic mass is 10.1. The highest BCUT2D eigenvalue weighted by molar-refractivity contribution is 6.32. The molecule has 0 spiro atoms. The summed E-state index contributed by atoms with van der Waals surface area (Å²) in [6, 6.07) is 6.54. The van der Waals surface area contributed by atoms with Crippen molar-refractivity contribution in [1.29, 1.82) is 0 Å². The van der Waals surface area contributed by atoms with Gasteiger partial charge in [-0.15, -0.1) is 12.4 Å². The van der Waals surface area contributed by atoms with Crippen LogP contribution in [-0.4, -0.2) is 37.2 Å². The lowest BCUT2D eigenvalue weighted by Crippen LogP contribution is -2.28. The average Bonchev–Trinajstić information content (AvgIpc) is 3.17. The Balaban J connectivity index is 0.00000161. The molecule has 0 amide bonds. The first-order chi connectivity index (χ1) is 9.70. The van der Waals surface area contributed by atoms with E-state index in [0.29, 0.717) is 6.04 Å². The molecule has 1 aromatic rings. The number of benzene rings is 1. The van der Waals surface area contributed by atoms with Gasteiger partial charge in [0.15, 0.2) is 0 Å². The summed E-state index contributed by atoms with van der Waals surface area (Å²) in [5, 5.41) is 0.737. The number of rotatable bonds is 6. The zero-order chi connectivity index (χ0) is 13.9. The van der Waals surface area contributed by atoms with Crippen LogP contribution in [0.1, 0.15) is 24.8 Å². The molecule has 3 rings (SSSR count). The van der Waals surface area contributed by atoms with Crippen molar-refractivity contribution in [1.82, 2.24) is 4.90 Å². The third kappa shape index (κ3) is 5.03. The Kier molecular flexibility index (Phi) is 6.18. The minimum atomic E-state index is 0. The van der Waals surface area contributed by atoms with Crippen molar-refractivity contribution in [3.05, 3.63) is 28.8 Å². The van der Waals surface area contributed by atoms with Crippen molar-refractivity contribution >= 4 is 24.0 Å². The third-order valence-corrected chi connectivity index (χ3v) is 4.49. The Morgan fingerprint density at radius 2 is 2.10 bits per heavy atom. The van der Waals surface area contributed by atoms with E-state index in [1.165, 1.54) is 18.4 Å². The second kappa shape index (κ2) is 7.68. The molecule has 21 heavy (non-hydrogen) atoms. The van der Waals surface area contributed by atoms with Crippen LogP contribution in [-0.2, 0) is 6.42 Å². The predicted octanol–water partition coefficient (Wildman–Crippen LogP) is 3.13. The summed E-state index contributed by atoms with van der Waals surface area (Å²) in [6.45, 7) is 4.02. The van der Waals surface area contributed by atoms with Crippen molar-refractivity contribution in [2.24, 2.45) is 11.7 Å². The highest BCUT2D eigenvalue weighted by Crippen LogP contribution is 2.32. The normalized spacial score (nSPS) is 22.1. The molecule has 1 aliphatic heterocycles. The summed E-state index contributed by atoms with van der Waals surface area (Å²) < 4.78 is 5.75. The Labute approximate surface area is 138 Å². The van der Waals surface area contributed by atoms with E-state index in [1.807, 2.05) is 12.1 Å².